The van der Waals surface area contributed by atoms with Crippen LogP contribution in [-0.2, 0) is 9.59 Å². The zero-order chi connectivity index (χ0) is 14.4. The SMILES string of the molecule is CC(Oc1ccccc1F)C(=O)NCC(O)C(N)=O. The van der Waals surface area contributed by atoms with Crippen LogP contribution in [0.3, 0.4) is 0 Å². The summed E-state index contributed by atoms with van der Waals surface area (Å²) in [5, 5.41) is 11.4. The number of para-hydroxylation sites is 1. The number of primary amides is 1. The lowest BCUT2D eigenvalue weighted by molar-refractivity contribution is -0.129. The third-order valence-corrected chi connectivity index (χ3v) is 2.31. The van der Waals surface area contributed by atoms with Crippen molar-refractivity contribution < 1.29 is 23.8 Å². The van der Waals surface area contributed by atoms with Gasteiger partial charge in [-0.25, -0.2) is 4.39 Å². The number of aliphatic hydroxyl groups excluding tert-OH is 1. The molecule has 0 heterocycles. The van der Waals surface area contributed by atoms with Gasteiger partial charge in [-0.1, -0.05) is 12.1 Å². The molecule has 1 aromatic rings. The van der Waals surface area contributed by atoms with Crippen molar-refractivity contribution in [3.8, 4) is 5.75 Å². The lowest BCUT2D eigenvalue weighted by Gasteiger charge is -2.15. The van der Waals surface area contributed by atoms with Gasteiger partial charge in [-0.05, 0) is 19.1 Å². The van der Waals surface area contributed by atoms with E-state index in [2.05, 4.69) is 5.32 Å². The molecule has 0 saturated heterocycles. The second-order valence-electron chi connectivity index (χ2n) is 3.85. The van der Waals surface area contributed by atoms with Crippen LogP contribution >= 0.6 is 0 Å². The van der Waals surface area contributed by atoms with Crippen LogP contribution in [0.5, 0.6) is 5.75 Å². The number of ether oxygens (including phenoxy) is 1. The molecule has 0 bridgehead atoms. The van der Waals surface area contributed by atoms with E-state index in [0.717, 1.165) is 0 Å². The van der Waals surface area contributed by atoms with E-state index < -0.39 is 29.8 Å². The highest BCUT2D eigenvalue weighted by atomic mass is 19.1. The van der Waals surface area contributed by atoms with Gasteiger partial charge in [0.25, 0.3) is 5.91 Å². The van der Waals surface area contributed by atoms with E-state index in [9.17, 15) is 14.0 Å². The Kier molecular flexibility index (Phi) is 5.25. The van der Waals surface area contributed by atoms with Crippen LogP contribution < -0.4 is 15.8 Å². The van der Waals surface area contributed by atoms with Crippen molar-refractivity contribution in [1.29, 1.82) is 0 Å². The van der Waals surface area contributed by atoms with Crippen molar-refractivity contribution in [3.05, 3.63) is 30.1 Å². The number of hydrogen-bond acceptors (Lipinski definition) is 4. The van der Waals surface area contributed by atoms with Crippen LogP contribution in [0.25, 0.3) is 0 Å². The molecule has 0 saturated carbocycles. The molecule has 1 rings (SSSR count). The van der Waals surface area contributed by atoms with Gasteiger partial charge in [-0.2, -0.15) is 0 Å². The van der Waals surface area contributed by atoms with Gasteiger partial charge in [0, 0.05) is 0 Å². The van der Waals surface area contributed by atoms with E-state index in [1.54, 1.807) is 6.07 Å². The summed E-state index contributed by atoms with van der Waals surface area (Å²) >= 11 is 0. The van der Waals surface area contributed by atoms with Gasteiger partial charge < -0.3 is 20.9 Å². The molecule has 6 nitrogen and oxygen atoms in total. The van der Waals surface area contributed by atoms with Gasteiger partial charge >= 0.3 is 0 Å². The van der Waals surface area contributed by atoms with Crippen molar-refractivity contribution in [1.82, 2.24) is 5.32 Å². The van der Waals surface area contributed by atoms with Gasteiger partial charge in [-0.15, -0.1) is 0 Å². The Bertz CT molecular complexity index is 467. The number of carbonyl (C=O) groups excluding carboxylic acids is 2. The predicted molar refractivity (Wildman–Crippen MR) is 64.7 cm³/mol. The van der Waals surface area contributed by atoms with Gasteiger partial charge in [0.1, 0.15) is 6.10 Å². The fourth-order valence-electron chi connectivity index (χ4n) is 1.23. The minimum Gasteiger partial charge on any atom is -0.478 e. The molecule has 0 aromatic heterocycles. The molecule has 7 heteroatoms. The van der Waals surface area contributed by atoms with Crippen LogP contribution in [0.2, 0.25) is 0 Å². The van der Waals surface area contributed by atoms with Crippen LogP contribution in [0, 0.1) is 5.82 Å². The zero-order valence-electron chi connectivity index (χ0n) is 10.3. The number of nitrogens with two attached hydrogens (primary N) is 1. The lowest BCUT2D eigenvalue weighted by Crippen LogP contribution is -2.44. The van der Waals surface area contributed by atoms with Crippen LogP contribution in [0.4, 0.5) is 4.39 Å². The largest absolute Gasteiger partial charge is 0.478 e. The summed E-state index contributed by atoms with van der Waals surface area (Å²) in [5.74, 6) is -2.17. The normalized spacial score (nSPS) is 13.4. The first-order chi connectivity index (χ1) is 8.91. The summed E-state index contributed by atoms with van der Waals surface area (Å²) in [4.78, 5) is 22.1. The van der Waals surface area contributed by atoms with Gasteiger partial charge in [0.15, 0.2) is 17.7 Å². The fraction of sp³-hybridized carbons (Fsp3) is 0.333. The number of rotatable bonds is 6. The van der Waals surface area contributed by atoms with Crippen molar-refractivity contribution in [2.75, 3.05) is 6.54 Å². The summed E-state index contributed by atoms with van der Waals surface area (Å²) in [6, 6.07) is 5.66. The molecule has 0 aliphatic heterocycles. The molecular weight excluding hydrogens is 255 g/mol. The van der Waals surface area contributed by atoms with Crippen molar-refractivity contribution in [2.45, 2.75) is 19.1 Å². The number of benzene rings is 1. The van der Waals surface area contributed by atoms with E-state index in [4.69, 9.17) is 15.6 Å². The predicted octanol–water partition coefficient (Wildman–Crippen LogP) is -0.445. The zero-order valence-corrected chi connectivity index (χ0v) is 10.3. The van der Waals surface area contributed by atoms with Crippen LogP contribution in [0.15, 0.2) is 24.3 Å². The van der Waals surface area contributed by atoms with Gasteiger partial charge in [0.2, 0.25) is 5.91 Å². The maximum absolute atomic E-state index is 13.3. The summed E-state index contributed by atoms with van der Waals surface area (Å²) in [6.45, 7) is 1.09. The molecule has 1 aromatic carbocycles. The molecule has 2 amide bonds. The highest BCUT2D eigenvalue weighted by Crippen LogP contribution is 2.16. The number of nitrogens with one attached hydrogen (secondary N) is 1. The average Bonchev–Trinajstić information content (AvgIpc) is 2.37. The molecule has 0 spiro atoms. The van der Waals surface area contributed by atoms with Gasteiger partial charge in [-0.3, -0.25) is 9.59 Å². The highest BCUT2D eigenvalue weighted by molar-refractivity contribution is 5.83. The second-order valence-corrected chi connectivity index (χ2v) is 3.85. The Balaban J connectivity index is 2.50. The summed E-state index contributed by atoms with van der Waals surface area (Å²) < 4.78 is 18.4. The monoisotopic (exact) mass is 270 g/mol. The molecule has 4 N–H and O–H groups in total. The summed E-state index contributed by atoms with van der Waals surface area (Å²) in [7, 11) is 0. The first-order valence-electron chi connectivity index (χ1n) is 5.58. The van der Waals surface area contributed by atoms with E-state index in [-0.39, 0.29) is 12.3 Å². The smallest absolute Gasteiger partial charge is 0.260 e. The number of halogens is 1. The third kappa shape index (κ3) is 4.55. The molecule has 2 atom stereocenters. The Morgan fingerprint density at radius 3 is 2.68 bits per heavy atom. The van der Waals surface area contributed by atoms with Gasteiger partial charge in [0.05, 0.1) is 6.54 Å². The minimum absolute atomic E-state index is 0.0550. The number of carbonyl (C=O) groups is 2. The molecule has 19 heavy (non-hydrogen) atoms. The Labute approximate surface area is 109 Å². The first kappa shape index (κ1) is 14.9. The van der Waals surface area contributed by atoms with Crippen LogP contribution in [-0.4, -0.2) is 35.7 Å². The van der Waals surface area contributed by atoms with Crippen molar-refractivity contribution in [2.24, 2.45) is 5.73 Å². The number of aliphatic hydroxyl groups is 1. The molecule has 2 unspecified atom stereocenters. The highest BCUT2D eigenvalue weighted by Gasteiger charge is 2.18. The molecule has 0 aliphatic carbocycles. The van der Waals surface area contributed by atoms with E-state index in [0.29, 0.717) is 0 Å². The fourth-order valence-corrected chi connectivity index (χ4v) is 1.23. The quantitative estimate of drug-likeness (QED) is 0.652. The Morgan fingerprint density at radius 2 is 2.11 bits per heavy atom. The number of hydrogen-bond donors (Lipinski definition) is 3. The topological polar surface area (TPSA) is 102 Å². The maximum atomic E-state index is 13.3. The summed E-state index contributed by atoms with van der Waals surface area (Å²) in [6.07, 6.45) is -2.44. The van der Waals surface area contributed by atoms with E-state index in [1.165, 1.54) is 25.1 Å². The molecule has 0 fully saturated rings. The number of amides is 2. The Morgan fingerprint density at radius 1 is 1.47 bits per heavy atom. The minimum atomic E-state index is -1.47. The first-order valence-corrected chi connectivity index (χ1v) is 5.58. The third-order valence-electron chi connectivity index (χ3n) is 2.31. The van der Waals surface area contributed by atoms with Crippen LogP contribution in [0.1, 0.15) is 6.92 Å². The molecular formula is C12H15FN2O4. The standard InChI is InChI=1S/C12H15FN2O4/c1-7(12(18)15-6-9(16)11(14)17)19-10-5-3-2-4-8(10)13/h2-5,7,9,16H,6H2,1H3,(H2,14,17)(H,15,18). The average molecular weight is 270 g/mol. The van der Waals surface area contributed by atoms with Crippen molar-refractivity contribution >= 4 is 11.8 Å². The van der Waals surface area contributed by atoms with E-state index >= 15 is 0 Å². The summed E-state index contributed by atoms with van der Waals surface area (Å²) in [5.41, 5.74) is 4.82. The van der Waals surface area contributed by atoms with Crippen molar-refractivity contribution in [3.63, 3.8) is 0 Å². The molecule has 104 valence electrons. The molecule has 0 radical (unpaired) electrons. The molecule has 0 aliphatic rings. The maximum Gasteiger partial charge on any atom is 0.260 e. The Hall–Kier alpha value is -2.15. The van der Waals surface area contributed by atoms with E-state index in [1.807, 2.05) is 0 Å². The lowest BCUT2D eigenvalue weighted by atomic mass is 10.3. The second kappa shape index (κ2) is 6.69.